The second kappa shape index (κ2) is 20.3. The summed E-state index contributed by atoms with van der Waals surface area (Å²) in [7, 11) is 4.74. The fourth-order valence-electron chi connectivity index (χ4n) is 2.94. The Morgan fingerprint density at radius 2 is 1.79 bits per heavy atom. The number of nitrogens with zero attached hydrogens (tertiary/aromatic N) is 2. The third-order valence-corrected chi connectivity index (χ3v) is 5.36. The average Bonchev–Trinajstić information content (AvgIpc) is 2.95. The van der Waals surface area contributed by atoms with Gasteiger partial charge < -0.3 is 25.4 Å². The first-order valence-corrected chi connectivity index (χ1v) is 13.5. The maximum absolute atomic E-state index is 12.7. The number of carbonyl (C=O) groups excluding carboxylic acids is 2. The van der Waals surface area contributed by atoms with Crippen LogP contribution in [-0.4, -0.2) is 50.4 Å². The third-order valence-electron chi connectivity index (χ3n) is 4.90. The minimum atomic E-state index is -0.448. The number of aromatic nitrogens is 1. The maximum atomic E-state index is 12.7. The monoisotopic (exact) mass is 603 g/mol. The molecule has 1 atom stereocenters. The number of benzene rings is 1. The van der Waals surface area contributed by atoms with E-state index in [1.54, 1.807) is 38.4 Å². The van der Waals surface area contributed by atoms with Crippen LogP contribution in [-0.2, 0) is 4.79 Å². The molecular formula is C29H42BrN5O4. The Labute approximate surface area is 241 Å². The SMILES string of the molecule is C/C=C/C(=O)Nc1cc(OC)c(OC)cc1C(=O)Nc1ccc(Br)cn1.C=CC(C)C(=NC)NCCC.CC. The van der Waals surface area contributed by atoms with Crippen LogP contribution >= 0.6 is 15.9 Å². The molecular weight excluding hydrogens is 562 g/mol. The molecule has 0 radical (unpaired) electrons. The molecule has 1 unspecified atom stereocenters. The van der Waals surface area contributed by atoms with Crippen molar-refractivity contribution in [2.45, 2.75) is 41.0 Å². The lowest BCUT2D eigenvalue weighted by Crippen LogP contribution is -2.29. The number of pyridine rings is 1. The van der Waals surface area contributed by atoms with Crippen molar-refractivity contribution < 1.29 is 19.1 Å². The highest BCUT2D eigenvalue weighted by molar-refractivity contribution is 9.10. The molecule has 0 saturated heterocycles. The van der Waals surface area contributed by atoms with E-state index in [0.29, 0.717) is 28.9 Å². The van der Waals surface area contributed by atoms with E-state index in [-0.39, 0.29) is 11.5 Å². The molecule has 0 spiro atoms. The Bertz CT molecular complexity index is 1100. The molecule has 0 aliphatic carbocycles. The van der Waals surface area contributed by atoms with Crippen LogP contribution in [0.2, 0.25) is 0 Å². The van der Waals surface area contributed by atoms with Gasteiger partial charge in [0.25, 0.3) is 5.91 Å². The largest absolute Gasteiger partial charge is 0.493 e. The first-order valence-electron chi connectivity index (χ1n) is 12.7. The number of hydrogen-bond donors (Lipinski definition) is 3. The van der Waals surface area contributed by atoms with Crippen molar-refractivity contribution in [3.63, 3.8) is 0 Å². The van der Waals surface area contributed by atoms with Crippen molar-refractivity contribution in [2.24, 2.45) is 10.9 Å². The molecule has 0 fully saturated rings. The number of rotatable bonds is 10. The Hall–Kier alpha value is -3.66. The highest BCUT2D eigenvalue weighted by Crippen LogP contribution is 2.33. The van der Waals surface area contributed by atoms with Crippen molar-refractivity contribution in [2.75, 3.05) is 38.4 Å². The fourth-order valence-corrected chi connectivity index (χ4v) is 3.17. The van der Waals surface area contributed by atoms with Gasteiger partial charge in [-0.3, -0.25) is 14.6 Å². The lowest BCUT2D eigenvalue weighted by Gasteiger charge is -2.15. The topological polar surface area (TPSA) is 114 Å². The number of hydrogen-bond acceptors (Lipinski definition) is 6. The van der Waals surface area contributed by atoms with E-state index < -0.39 is 5.91 Å². The first kappa shape index (κ1) is 35.3. The number of methoxy groups -OCH3 is 2. The molecule has 3 N–H and O–H groups in total. The van der Waals surface area contributed by atoms with Gasteiger partial charge in [-0.15, -0.1) is 6.58 Å². The van der Waals surface area contributed by atoms with E-state index >= 15 is 0 Å². The molecule has 1 aromatic carbocycles. The van der Waals surface area contributed by atoms with Crippen LogP contribution in [0.25, 0.3) is 0 Å². The minimum Gasteiger partial charge on any atom is -0.493 e. The van der Waals surface area contributed by atoms with Gasteiger partial charge in [-0.1, -0.05) is 39.8 Å². The van der Waals surface area contributed by atoms with Crippen molar-refractivity contribution in [1.82, 2.24) is 10.3 Å². The second-order valence-electron chi connectivity index (χ2n) is 7.62. The molecule has 0 aliphatic heterocycles. The van der Waals surface area contributed by atoms with Gasteiger partial charge in [0.05, 0.1) is 25.5 Å². The zero-order valence-corrected chi connectivity index (χ0v) is 25.8. The molecule has 0 aliphatic rings. The van der Waals surface area contributed by atoms with Crippen molar-refractivity contribution in [1.29, 1.82) is 0 Å². The number of amides is 2. The zero-order valence-electron chi connectivity index (χ0n) is 24.2. The van der Waals surface area contributed by atoms with Crippen LogP contribution in [0.5, 0.6) is 11.5 Å². The number of anilines is 2. The maximum Gasteiger partial charge on any atom is 0.259 e. The molecule has 214 valence electrons. The molecule has 39 heavy (non-hydrogen) atoms. The van der Waals surface area contributed by atoms with E-state index in [2.05, 4.69) is 62.3 Å². The van der Waals surface area contributed by atoms with E-state index in [9.17, 15) is 9.59 Å². The summed E-state index contributed by atoms with van der Waals surface area (Å²) < 4.78 is 11.3. The Morgan fingerprint density at radius 1 is 1.15 bits per heavy atom. The lowest BCUT2D eigenvalue weighted by atomic mass is 10.1. The van der Waals surface area contributed by atoms with Crippen LogP contribution in [0.15, 0.2) is 64.7 Å². The Morgan fingerprint density at radius 3 is 2.28 bits per heavy atom. The number of aliphatic imine (C=N–C) groups is 1. The Balaban J connectivity index is 0.000000935. The summed E-state index contributed by atoms with van der Waals surface area (Å²) in [5.74, 6) is 1.69. The molecule has 2 amide bonds. The summed E-state index contributed by atoms with van der Waals surface area (Å²) in [5, 5.41) is 8.60. The van der Waals surface area contributed by atoms with Crippen LogP contribution in [0.1, 0.15) is 51.4 Å². The number of ether oxygens (including phenoxy) is 2. The number of allylic oxidation sites excluding steroid dienone is 1. The van der Waals surface area contributed by atoms with Crippen molar-refractivity contribution >= 4 is 45.1 Å². The van der Waals surface area contributed by atoms with E-state index in [0.717, 1.165) is 23.3 Å². The number of amidine groups is 1. The fraction of sp³-hybridized carbons (Fsp3) is 0.379. The highest BCUT2D eigenvalue weighted by Gasteiger charge is 2.18. The van der Waals surface area contributed by atoms with E-state index in [1.807, 2.05) is 19.9 Å². The third kappa shape index (κ3) is 12.6. The summed E-state index contributed by atoms with van der Waals surface area (Å²) in [4.78, 5) is 32.9. The first-order chi connectivity index (χ1) is 18.7. The Kier molecular flexibility index (Phi) is 18.4. The van der Waals surface area contributed by atoms with Gasteiger partial charge in [0.15, 0.2) is 11.5 Å². The quantitative estimate of drug-likeness (QED) is 0.124. The zero-order chi connectivity index (χ0) is 29.8. The van der Waals surface area contributed by atoms with Gasteiger partial charge in [0.1, 0.15) is 11.7 Å². The molecule has 1 aromatic heterocycles. The van der Waals surface area contributed by atoms with Crippen LogP contribution in [0, 0.1) is 5.92 Å². The lowest BCUT2D eigenvalue weighted by molar-refractivity contribution is -0.111. The molecule has 0 saturated carbocycles. The van der Waals surface area contributed by atoms with Gasteiger partial charge in [0.2, 0.25) is 5.91 Å². The molecule has 1 heterocycles. The molecule has 2 aromatic rings. The summed E-state index contributed by atoms with van der Waals surface area (Å²) in [6.07, 6.45) is 7.54. The van der Waals surface area contributed by atoms with Gasteiger partial charge in [-0.05, 0) is 53.5 Å². The van der Waals surface area contributed by atoms with E-state index in [1.165, 1.54) is 32.4 Å². The van der Waals surface area contributed by atoms with Crippen molar-refractivity contribution in [3.05, 3.63) is 65.3 Å². The molecule has 10 heteroatoms. The summed E-state index contributed by atoms with van der Waals surface area (Å²) in [5.41, 5.74) is 0.505. The van der Waals surface area contributed by atoms with Gasteiger partial charge in [-0.2, -0.15) is 0 Å². The minimum absolute atomic E-state index is 0.213. The van der Waals surface area contributed by atoms with Gasteiger partial charge >= 0.3 is 0 Å². The highest BCUT2D eigenvalue weighted by atomic mass is 79.9. The number of carbonyl (C=O) groups is 2. The summed E-state index contributed by atoms with van der Waals surface area (Å²) in [6, 6.07) is 6.44. The van der Waals surface area contributed by atoms with Gasteiger partial charge in [-0.25, -0.2) is 4.98 Å². The predicted octanol–water partition coefficient (Wildman–Crippen LogP) is 6.49. The summed E-state index contributed by atoms with van der Waals surface area (Å²) in [6.45, 7) is 14.6. The summed E-state index contributed by atoms with van der Waals surface area (Å²) >= 11 is 3.29. The van der Waals surface area contributed by atoms with Crippen LogP contribution in [0.3, 0.4) is 0 Å². The molecule has 2 rings (SSSR count). The smallest absolute Gasteiger partial charge is 0.259 e. The number of halogens is 1. The number of nitrogens with one attached hydrogen (secondary N) is 3. The van der Waals surface area contributed by atoms with E-state index in [4.69, 9.17) is 9.47 Å². The standard InChI is InChI=1S/C18H18BrN3O4.C9H18N2.C2H6/c1-4-5-17(23)21-13-9-15(26-3)14(25-2)8-12(13)18(24)22-16-7-6-11(19)10-20-16;1-5-7-11-9(10-4)8(3)6-2;1-2/h4-10H,1-3H3,(H,21,23)(H,20,22,24);6,8H,2,5,7H2,1,3-4H3,(H,10,11);1-2H3/b5-4+;;. The average molecular weight is 605 g/mol. The van der Waals surface area contributed by atoms with Crippen LogP contribution in [0.4, 0.5) is 11.5 Å². The molecule has 0 bridgehead atoms. The normalized spacial score (nSPS) is 11.2. The molecule has 9 nitrogen and oxygen atoms in total. The van der Waals surface area contributed by atoms with Gasteiger partial charge in [0, 0.05) is 36.2 Å². The second-order valence-corrected chi connectivity index (χ2v) is 8.53. The predicted molar refractivity (Wildman–Crippen MR) is 165 cm³/mol. The van der Waals surface area contributed by atoms with Crippen molar-refractivity contribution in [3.8, 4) is 11.5 Å². The van der Waals surface area contributed by atoms with Crippen LogP contribution < -0.4 is 25.4 Å².